The van der Waals surface area contributed by atoms with Gasteiger partial charge < -0.3 is 24.3 Å². The van der Waals surface area contributed by atoms with E-state index in [0.717, 1.165) is 0 Å². The van der Waals surface area contributed by atoms with E-state index >= 15 is 0 Å². The summed E-state index contributed by atoms with van der Waals surface area (Å²) in [4.78, 5) is 49.8. The molecule has 0 amide bonds. The van der Waals surface area contributed by atoms with E-state index in [9.17, 15) is 19.2 Å². The van der Waals surface area contributed by atoms with Gasteiger partial charge in [0.1, 0.15) is 12.6 Å². The van der Waals surface area contributed by atoms with Gasteiger partial charge in [0.2, 0.25) is 0 Å². The van der Waals surface area contributed by atoms with Gasteiger partial charge in [-0.15, -0.1) is 0 Å². The van der Waals surface area contributed by atoms with Gasteiger partial charge in [-0.3, -0.25) is 14.4 Å². The number of methoxy groups -OCH3 is 1. The molecule has 0 radical (unpaired) electrons. The molecule has 40 heavy (non-hydrogen) atoms. The standard InChI is InChI=1S/C31H41NO8/c1-30(2,3)19-26(33)39-24-14-13-21(18-25(24)40-27(34)20-31(4,5)6)17-23(29(36)37-7)32-15-16-38-28(35)22-11-9-8-10-12-22/h8-14,18,23,32H,15-17,19-20H2,1-7H3/t23-/m0/s1. The van der Waals surface area contributed by atoms with Gasteiger partial charge in [0.05, 0.1) is 25.5 Å². The first-order valence-corrected chi connectivity index (χ1v) is 13.2. The number of hydrogen-bond donors (Lipinski definition) is 1. The molecule has 9 nitrogen and oxygen atoms in total. The number of esters is 4. The highest BCUT2D eigenvalue weighted by Crippen LogP contribution is 2.32. The molecule has 0 unspecified atom stereocenters. The maximum Gasteiger partial charge on any atom is 0.338 e. The molecule has 0 fully saturated rings. The van der Waals surface area contributed by atoms with Crippen LogP contribution in [-0.2, 0) is 30.3 Å². The van der Waals surface area contributed by atoms with Crippen LogP contribution in [0.4, 0.5) is 0 Å². The van der Waals surface area contributed by atoms with Gasteiger partial charge in [-0.25, -0.2) is 4.79 Å². The summed E-state index contributed by atoms with van der Waals surface area (Å²) in [6.45, 7) is 11.8. The third-order valence-corrected chi connectivity index (χ3v) is 5.47. The first kappa shape index (κ1) is 32.5. The Labute approximate surface area is 236 Å². The van der Waals surface area contributed by atoms with E-state index in [4.69, 9.17) is 18.9 Å². The second-order valence-corrected chi connectivity index (χ2v) is 11.9. The summed E-state index contributed by atoms with van der Waals surface area (Å²) in [5, 5.41) is 3.04. The topological polar surface area (TPSA) is 117 Å². The first-order chi connectivity index (χ1) is 18.7. The Morgan fingerprint density at radius 3 is 1.93 bits per heavy atom. The zero-order valence-corrected chi connectivity index (χ0v) is 24.5. The van der Waals surface area contributed by atoms with Crippen LogP contribution in [-0.4, -0.2) is 50.2 Å². The van der Waals surface area contributed by atoms with E-state index < -0.39 is 29.9 Å². The highest BCUT2D eigenvalue weighted by atomic mass is 16.6. The van der Waals surface area contributed by atoms with Crippen LogP contribution >= 0.6 is 0 Å². The Hall–Kier alpha value is -3.72. The molecule has 2 aromatic rings. The molecule has 1 atom stereocenters. The fourth-order valence-electron chi connectivity index (χ4n) is 3.68. The second-order valence-electron chi connectivity index (χ2n) is 11.9. The maximum absolute atomic E-state index is 12.6. The van der Waals surface area contributed by atoms with Gasteiger partial charge in [-0.05, 0) is 47.1 Å². The maximum atomic E-state index is 12.6. The van der Waals surface area contributed by atoms with E-state index in [2.05, 4.69) is 5.32 Å². The van der Waals surface area contributed by atoms with Crippen LogP contribution in [0.25, 0.3) is 0 Å². The number of hydrogen-bond acceptors (Lipinski definition) is 9. The molecule has 0 saturated heterocycles. The van der Waals surface area contributed by atoms with Gasteiger partial charge in [0.25, 0.3) is 0 Å². The Bertz CT molecular complexity index is 1160. The monoisotopic (exact) mass is 555 g/mol. The van der Waals surface area contributed by atoms with E-state index in [1.54, 1.807) is 48.5 Å². The fraction of sp³-hybridized carbons (Fsp3) is 0.484. The van der Waals surface area contributed by atoms with Crippen molar-refractivity contribution < 1.29 is 38.1 Å². The first-order valence-electron chi connectivity index (χ1n) is 13.2. The third kappa shape index (κ3) is 12.0. The molecule has 2 rings (SSSR count). The van der Waals surface area contributed by atoms with Crippen molar-refractivity contribution in [2.75, 3.05) is 20.3 Å². The summed E-state index contributed by atoms with van der Waals surface area (Å²) in [5.74, 6) is -1.69. The lowest BCUT2D eigenvalue weighted by Crippen LogP contribution is -2.41. The number of rotatable bonds is 12. The molecule has 9 heteroatoms. The Morgan fingerprint density at radius 2 is 1.38 bits per heavy atom. The zero-order chi connectivity index (χ0) is 29.9. The van der Waals surface area contributed by atoms with E-state index in [-0.39, 0.29) is 54.7 Å². The fourth-order valence-corrected chi connectivity index (χ4v) is 3.68. The third-order valence-electron chi connectivity index (χ3n) is 5.47. The zero-order valence-electron chi connectivity index (χ0n) is 24.5. The second kappa shape index (κ2) is 14.6. The minimum atomic E-state index is -0.771. The SMILES string of the molecule is COC(=O)[C@H](Cc1ccc(OC(=O)CC(C)(C)C)c(OC(=O)CC(C)(C)C)c1)NCCOC(=O)c1ccccc1. The molecule has 0 aliphatic carbocycles. The normalized spacial score (nSPS) is 12.3. The molecule has 0 heterocycles. The number of benzene rings is 2. The lowest BCUT2D eigenvalue weighted by molar-refractivity contribution is -0.143. The summed E-state index contributed by atoms with van der Waals surface area (Å²) >= 11 is 0. The van der Waals surface area contributed by atoms with E-state index in [1.807, 2.05) is 41.5 Å². The average Bonchev–Trinajstić information content (AvgIpc) is 2.85. The van der Waals surface area contributed by atoms with Crippen molar-refractivity contribution >= 4 is 23.9 Å². The van der Waals surface area contributed by atoms with Gasteiger partial charge in [0, 0.05) is 6.54 Å². The van der Waals surface area contributed by atoms with Crippen LogP contribution in [0.5, 0.6) is 11.5 Å². The van der Waals surface area contributed by atoms with Crippen LogP contribution < -0.4 is 14.8 Å². The molecule has 0 aliphatic heterocycles. The molecular weight excluding hydrogens is 514 g/mol. The lowest BCUT2D eigenvalue weighted by Gasteiger charge is -2.20. The number of carbonyl (C=O) groups excluding carboxylic acids is 4. The van der Waals surface area contributed by atoms with Crippen molar-refractivity contribution in [1.82, 2.24) is 5.32 Å². The van der Waals surface area contributed by atoms with Gasteiger partial charge in [-0.1, -0.05) is 65.8 Å². The summed E-state index contributed by atoms with van der Waals surface area (Å²) in [6.07, 6.45) is 0.507. The van der Waals surface area contributed by atoms with Gasteiger partial charge in [0.15, 0.2) is 11.5 Å². The average molecular weight is 556 g/mol. The van der Waals surface area contributed by atoms with Crippen LogP contribution in [0.3, 0.4) is 0 Å². The minimum absolute atomic E-state index is 0.0412. The predicted octanol–water partition coefficient (Wildman–Crippen LogP) is 4.90. The molecule has 2 aromatic carbocycles. The molecule has 218 valence electrons. The predicted molar refractivity (Wildman–Crippen MR) is 150 cm³/mol. The Morgan fingerprint density at radius 1 is 0.800 bits per heavy atom. The molecule has 1 N–H and O–H groups in total. The van der Waals surface area contributed by atoms with Crippen molar-refractivity contribution in [2.45, 2.75) is 66.8 Å². The van der Waals surface area contributed by atoms with Crippen molar-refractivity contribution in [1.29, 1.82) is 0 Å². The highest BCUT2D eigenvalue weighted by Gasteiger charge is 2.24. The van der Waals surface area contributed by atoms with Crippen LogP contribution in [0.15, 0.2) is 48.5 Å². The van der Waals surface area contributed by atoms with E-state index in [0.29, 0.717) is 11.1 Å². The van der Waals surface area contributed by atoms with Gasteiger partial charge >= 0.3 is 23.9 Å². The van der Waals surface area contributed by atoms with Gasteiger partial charge in [-0.2, -0.15) is 0 Å². The molecule has 0 bridgehead atoms. The van der Waals surface area contributed by atoms with Crippen LogP contribution in [0, 0.1) is 10.8 Å². The van der Waals surface area contributed by atoms with Crippen molar-refractivity contribution in [3.8, 4) is 11.5 Å². The lowest BCUT2D eigenvalue weighted by atomic mass is 9.92. The Kier molecular flexibility index (Phi) is 11.9. The van der Waals surface area contributed by atoms with Crippen LogP contribution in [0.2, 0.25) is 0 Å². The summed E-state index contributed by atoms with van der Waals surface area (Å²) in [5.41, 5.74) is 0.485. The van der Waals surface area contributed by atoms with Crippen LogP contribution in [0.1, 0.15) is 70.3 Å². The highest BCUT2D eigenvalue weighted by molar-refractivity contribution is 5.89. The molecule has 0 spiro atoms. The van der Waals surface area contributed by atoms with Crippen molar-refractivity contribution in [3.63, 3.8) is 0 Å². The molecule has 0 saturated carbocycles. The quantitative estimate of drug-likeness (QED) is 0.222. The summed E-state index contributed by atoms with van der Waals surface area (Å²) in [7, 11) is 1.28. The Balaban J connectivity index is 2.15. The number of nitrogens with one attached hydrogen (secondary N) is 1. The molecular formula is C31H41NO8. The largest absolute Gasteiger partial charge is 0.468 e. The van der Waals surface area contributed by atoms with Crippen molar-refractivity contribution in [3.05, 3.63) is 59.7 Å². The summed E-state index contributed by atoms with van der Waals surface area (Å²) in [6, 6.07) is 12.6. The number of carbonyl (C=O) groups is 4. The van der Waals surface area contributed by atoms with Crippen molar-refractivity contribution in [2.24, 2.45) is 10.8 Å². The number of ether oxygens (including phenoxy) is 4. The molecule has 0 aliphatic rings. The minimum Gasteiger partial charge on any atom is -0.468 e. The molecule has 0 aromatic heterocycles. The smallest absolute Gasteiger partial charge is 0.338 e. The van der Waals surface area contributed by atoms with E-state index in [1.165, 1.54) is 7.11 Å². The summed E-state index contributed by atoms with van der Waals surface area (Å²) < 4.78 is 21.4.